The largest absolute Gasteiger partial charge is 0.386 e. The number of rotatable bonds is 4. The van der Waals surface area contributed by atoms with Crippen LogP contribution in [-0.4, -0.2) is 28.3 Å². The van der Waals surface area contributed by atoms with Gasteiger partial charge in [-0.1, -0.05) is 18.2 Å². The fourth-order valence-electron chi connectivity index (χ4n) is 2.97. The highest BCUT2D eigenvalue weighted by molar-refractivity contribution is 5.85. The van der Waals surface area contributed by atoms with Gasteiger partial charge >= 0.3 is 0 Å². The normalized spacial score (nSPS) is 19.9. The molecule has 3 rings (SSSR count). The van der Waals surface area contributed by atoms with E-state index >= 15 is 0 Å². The zero-order valence-electron chi connectivity index (χ0n) is 12.8. The summed E-state index contributed by atoms with van der Waals surface area (Å²) >= 11 is 0. The number of hydrogen-bond donors (Lipinski definition) is 3. The Morgan fingerprint density at radius 2 is 2.24 bits per heavy atom. The van der Waals surface area contributed by atoms with Crippen molar-refractivity contribution in [1.29, 1.82) is 0 Å². The van der Waals surface area contributed by atoms with Crippen LogP contribution < -0.4 is 5.32 Å². The Kier molecular flexibility index (Phi) is 3.87. The zero-order valence-corrected chi connectivity index (χ0v) is 12.8. The summed E-state index contributed by atoms with van der Waals surface area (Å²) in [6.45, 7) is 4.72. The van der Waals surface area contributed by atoms with E-state index in [1.165, 1.54) is 29.3 Å². The Morgan fingerprint density at radius 1 is 1.38 bits per heavy atom. The second-order valence-corrected chi connectivity index (χ2v) is 6.60. The first-order chi connectivity index (χ1) is 10.0. The molecule has 0 aliphatic carbocycles. The summed E-state index contributed by atoms with van der Waals surface area (Å²) < 4.78 is 0. The van der Waals surface area contributed by atoms with Crippen molar-refractivity contribution in [1.82, 2.24) is 10.3 Å². The average Bonchev–Trinajstić information content (AvgIpc) is 3.06. The SMILES string of the molecule is CC(C)(O)C=Cc1ccc2[nH]cc(C[C@H]3CCCN3)c2c1. The molecule has 0 amide bonds. The maximum absolute atomic E-state index is 9.80. The van der Waals surface area contributed by atoms with E-state index in [1.54, 1.807) is 13.8 Å². The van der Waals surface area contributed by atoms with Gasteiger partial charge in [-0.3, -0.25) is 0 Å². The highest BCUT2D eigenvalue weighted by Crippen LogP contribution is 2.24. The van der Waals surface area contributed by atoms with E-state index in [0.717, 1.165) is 18.5 Å². The molecular weight excluding hydrogens is 260 g/mol. The van der Waals surface area contributed by atoms with Crippen LogP contribution in [0.5, 0.6) is 0 Å². The molecule has 1 aromatic carbocycles. The summed E-state index contributed by atoms with van der Waals surface area (Å²) in [6, 6.07) is 7.02. The van der Waals surface area contributed by atoms with Gasteiger partial charge in [0.2, 0.25) is 0 Å². The van der Waals surface area contributed by atoms with Gasteiger partial charge in [0.05, 0.1) is 5.60 Å². The smallest absolute Gasteiger partial charge is 0.0774 e. The van der Waals surface area contributed by atoms with Crippen molar-refractivity contribution < 1.29 is 5.11 Å². The van der Waals surface area contributed by atoms with Crippen molar-refractivity contribution in [3.8, 4) is 0 Å². The van der Waals surface area contributed by atoms with Crippen molar-refractivity contribution in [2.75, 3.05) is 6.54 Å². The molecule has 2 heterocycles. The fourth-order valence-corrected chi connectivity index (χ4v) is 2.97. The van der Waals surface area contributed by atoms with Crippen LogP contribution in [0.3, 0.4) is 0 Å². The molecule has 3 N–H and O–H groups in total. The van der Waals surface area contributed by atoms with E-state index < -0.39 is 5.60 Å². The predicted molar refractivity (Wildman–Crippen MR) is 88.4 cm³/mol. The Morgan fingerprint density at radius 3 is 2.95 bits per heavy atom. The Hall–Kier alpha value is -1.58. The van der Waals surface area contributed by atoms with Crippen molar-refractivity contribution >= 4 is 17.0 Å². The summed E-state index contributed by atoms with van der Waals surface area (Å²) in [5, 5.41) is 14.6. The first kappa shape index (κ1) is 14.4. The zero-order chi connectivity index (χ0) is 14.9. The predicted octanol–water partition coefficient (Wildman–Crippen LogP) is 3.25. The molecule has 1 saturated heterocycles. The Labute approximate surface area is 126 Å². The van der Waals surface area contributed by atoms with Gasteiger partial charge < -0.3 is 15.4 Å². The van der Waals surface area contributed by atoms with E-state index in [-0.39, 0.29) is 0 Å². The molecule has 0 unspecified atom stereocenters. The number of nitrogens with one attached hydrogen (secondary N) is 2. The molecule has 0 bridgehead atoms. The number of aliphatic hydroxyl groups is 1. The Balaban J connectivity index is 1.86. The quantitative estimate of drug-likeness (QED) is 0.807. The highest BCUT2D eigenvalue weighted by Gasteiger charge is 2.16. The first-order valence-electron chi connectivity index (χ1n) is 7.76. The number of fused-ring (bicyclic) bond motifs is 1. The molecule has 3 nitrogen and oxygen atoms in total. The lowest BCUT2D eigenvalue weighted by Gasteiger charge is -2.10. The lowest BCUT2D eigenvalue weighted by molar-refractivity contribution is 0.134. The maximum Gasteiger partial charge on any atom is 0.0774 e. The van der Waals surface area contributed by atoms with Gasteiger partial charge in [0.15, 0.2) is 0 Å². The molecule has 0 spiro atoms. The number of hydrogen-bond acceptors (Lipinski definition) is 2. The highest BCUT2D eigenvalue weighted by atomic mass is 16.3. The lowest BCUT2D eigenvalue weighted by Crippen LogP contribution is -2.23. The summed E-state index contributed by atoms with van der Waals surface area (Å²) in [5.41, 5.74) is 2.92. The molecule has 2 aromatic rings. The van der Waals surface area contributed by atoms with Crippen molar-refractivity contribution in [3.63, 3.8) is 0 Å². The van der Waals surface area contributed by atoms with E-state index in [0.29, 0.717) is 6.04 Å². The third kappa shape index (κ3) is 3.55. The summed E-state index contributed by atoms with van der Waals surface area (Å²) in [7, 11) is 0. The maximum atomic E-state index is 9.80. The van der Waals surface area contributed by atoms with Crippen molar-refractivity contribution in [3.05, 3.63) is 41.6 Å². The number of H-pyrrole nitrogens is 1. The molecule has 1 aromatic heterocycles. The molecule has 3 heteroatoms. The molecule has 1 aliphatic heterocycles. The lowest BCUT2D eigenvalue weighted by atomic mass is 10.0. The fraction of sp³-hybridized carbons (Fsp3) is 0.444. The van der Waals surface area contributed by atoms with Crippen LogP contribution in [0.15, 0.2) is 30.5 Å². The number of aromatic amines is 1. The summed E-state index contributed by atoms with van der Waals surface area (Å²) in [6.07, 6.45) is 9.59. The standard InChI is InChI=1S/C18H24N2O/c1-18(2,21)8-7-13-5-6-17-16(10-13)14(12-20-17)11-15-4-3-9-19-15/h5-8,10,12,15,19-21H,3-4,9,11H2,1-2H3/t15-/m1/s1. The van der Waals surface area contributed by atoms with E-state index in [2.05, 4.69) is 34.7 Å². The average molecular weight is 284 g/mol. The number of aromatic nitrogens is 1. The summed E-state index contributed by atoms with van der Waals surface area (Å²) in [4.78, 5) is 3.36. The van der Waals surface area contributed by atoms with Gasteiger partial charge in [0, 0.05) is 23.1 Å². The first-order valence-corrected chi connectivity index (χ1v) is 7.76. The minimum Gasteiger partial charge on any atom is -0.386 e. The van der Waals surface area contributed by atoms with Gasteiger partial charge in [-0.05, 0) is 62.9 Å². The molecule has 1 atom stereocenters. The van der Waals surface area contributed by atoms with Gasteiger partial charge in [-0.2, -0.15) is 0 Å². The van der Waals surface area contributed by atoms with Crippen LogP contribution in [0.1, 0.15) is 37.8 Å². The van der Waals surface area contributed by atoms with Gasteiger partial charge in [-0.15, -0.1) is 0 Å². The third-order valence-corrected chi connectivity index (χ3v) is 4.10. The van der Waals surface area contributed by atoms with Gasteiger partial charge in [0.1, 0.15) is 0 Å². The van der Waals surface area contributed by atoms with Crippen LogP contribution in [0, 0.1) is 0 Å². The molecule has 21 heavy (non-hydrogen) atoms. The molecule has 1 fully saturated rings. The third-order valence-electron chi connectivity index (χ3n) is 4.10. The van der Waals surface area contributed by atoms with Crippen molar-refractivity contribution in [2.45, 2.75) is 44.8 Å². The van der Waals surface area contributed by atoms with Crippen LogP contribution in [0.25, 0.3) is 17.0 Å². The molecular formula is C18H24N2O. The molecule has 0 saturated carbocycles. The van der Waals surface area contributed by atoms with E-state index in [1.807, 2.05) is 12.2 Å². The van der Waals surface area contributed by atoms with Gasteiger partial charge in [0.25, 0.3) is 0 Å². The van der Waals surface area contributed by atoms with Crippen LogP contribution >= 0.6 is 0 Å². The minimum atomic E-state index is -0.774. The monoisotopic (exact) mass is 284 g/mol. The van der Waals surface area contributed by atoms with E-state index in [9.17, 15) is 5.11 Å². The second kappa shape index (κ2) is 5.66. The number of benzene rings is 1. The second-order valence-electron chi connectivity index (χ2n) is 6.60. The van der Waals surface area contributed by atoms with Gasteiger partial charge in [-0.25, -0.2) is 0 Å². The van der Waals surface area contributed by atoms with Crippen LogP contribution in [-0.2, 0) is 6.42 Å². The Bertz CT molecular complexity index is 643. The summed E-state index contributed by atoms with van der Waals surface area (Å²) in [5.74, 6) is 0. The topological polar surface area (TPSA) is 48.0 Å². The van der Waals surface area contributed by atoms with E-state index in [4.69, 9.17) is 0 Å². The van der Waals surface area contributed by atoms with Crippen molar-refractivity contribution in [2.24, 2.45) is 0 Å². The molecule has 0 radical (unpaired) electrons. The minimum absolute atomic E-state index is 0.611. The molecule has 112 valence electrons. The van der Waals surface area contributed by atoms with Crippen LogP contribution in [0.4, 0.5) is 0 Å². The molecule has 1 aliphatic rings. The van der Waals surface area contributed by atoms with Crippen LogP contribution in [0.2, 0.25) is 0 Å².